The zero-order chi connectivity index (χ0) is 19.5. The Morgan fingerprint density at radius 3 is 2.54 bits per heavy atom. The van der Waals surface area contributed by atoms with Crippen molar-refractivity contribution in [2.24, 2.45) is 0 Å². The Hall–Kier alpha value is -3.56. The van der Waals surface area contributed by atoms with Crippen LogP contribution in [0.4, 0.5) is 11.6 Å². The molecular formula is C18H18N8O2. The number of aryl methyl sites for hydroxylation is 1. The van der Waals surface area contributed by atoms with Crippen LogP contribution in [0.25, 0.3) is 11.3 Å². The van der Waals surface area contributed by atoms with Gasteiger partial charge < -0.3 is 4.90 Å². The van der Waals surface area contributed by atoms with Gasteiger partial charge in [-0.05, 0) is 25.8 Å². The minimum atomic E-state index is -0.465. The van der Waals surface area contributed by atoms with Crippen molar-refractivity contribution in [1.82, 2.24) is 29.9 Å². The van der Waals surface area contributed by atoms with Gasteiger partial charge in [-0.15, -0.1) is 0 Å². The number of nitrogens with zero attached hydrogens (tertiary/aromatic N) is 8. The van der Waals surface area contributed by atoms with E-state index in [4.69, 9.17) is 4.98 Å². The summed E-state index contributed by atoms with van der Waals surface area (Å²) in [7, 11) is 0. The van der Waals surface area contributed by atoms with Crippen LogP contribution in [-0.4, -0.2) is 47.9 Å². The first-order valence-electron chi connectivity index (χ1n) is 8.93. The second kappa shape index (κ2) is 7.59. The molecule has 0 atom stereocenters. The van der Waals surface area contributed by atoms with Crippen molar-refractivity contribution >= 4 is 11.6 Å². The largest absolute Gasteiger partial charge is 0.341 e. The maximum atomic E-state index is 10.9. The molecule has 0 N–H and O–H groups in total. The molecule has 0 aliphatic carbocycles. The number of anilines is 1. The summed E-state index contributed by atoms with van der Waals surface area (Å²) in [6.45, 7) is 3.11. The Labute approximate surface area is 160 Å². The maximum Gasteiger partial charge on any atom is 0.308 e. The third-order valence-corrected chi connectivity index (χ3v) is 4.81. The van der Waals surface area contributed by atoms with Crippen LogP contribution in [0.2, 0.25) is 0 Å². The Morgan fingerprint density at radius 2 is 1.86 bits per heavy atom. The van der Waals surface area contributed by atoms with Crippen LogP contribution < -0.4 is 4.90 Å². The molecule has 4 heterocycles. The average Bonchev–Trinajstić information content (AvgIpc) is 2.74. The zero-order valence-electron chi connectivity index (χ0n) is 15.3. The fraction of sp³-hybridized carbons (Fsp3) is 0.333. The third-order valence-electron chi connectivity index (χ3n) is 4.81. The number of piperidine rings is 1. The van der Waals surface area contributed by atoms with Crippen LogP contribution in [-0.2, 0) is 0 Å². The molecule has 1 aliphatic heterocycles. The summed E-state index contributed by atoms with van der Waals surface area (Å²) in [6, 6.07) is 1.85. The van der Waals surface area contributed by atoms with Crippen LogP contribution >= 0.6 is 0 Å². The van der Waals surface area contributed by atoms with Gasteiger partial charge in [-0.25, -0.2) is 29.9 Å². The topological polar surface area (TPSA) is 124 Å². The first-order chi connectivity index (χ1) is 13.6. The van der Waals surface area contributed by atoms with Gasteiger partial charge in [0.1, 0.15) is 24.0 Å². The van der Waals surface area contributed by atoms with Crippen LogP contribution in [0.1, 0.15) is 30.3 Å². The summed E-state index contributed by atoms with van der Waals surface area (Å²) >= 11 is 0. The highest BCUT2D eigenvalue weighted by molar-refractivity contribution is 5.55. The molecule has 3 aromatic rings. The summed E-state index contributed by atoms with van der Waals surface area (Å²) in [5.74, 6) is 1.57. The summed E-state index contributed by atoms with van der Waals surface area (Å²) in [6.07, 6.45) is 9.70. The molecular weight excluding hydrogens is 360 g/mol. The Kier molecular flexibility index (Phi) is 4.83. The van der Waals surface area contributed by atoms with Crippen molar-refractivity contribution in [2.75, 3.05) is 18.0 Å². The molecule has 142 valence electrons. The monoisotopic (exact) mass is 378 g/mol. The summed E-state index contributed by atoms with van der Waals surface area (Å²) in [5.41, 5.74) is 1.98. The van der Waals surface area contributed by atoms with E-state index in [2.05, 4.69) is 24.9 Å². The van der Waals surface area contributed by atoms with Gasteiger partial charge in [-0.2, -0.15) is 0 Å². The molecule has 0 aromatic carbocycles. The summed E-state index contributed by atoms with van der Waals surface area (Å²) in [5, 5.41) is 10.9. The van der Waals surface area contributed by atoms with Gasteiger partial charge in [-0.3, -0.25) is 10.1 Å². The van der Waals surface area contributed by atoms with Crippen molar-refractivity contribution in [1.29, 1.82) is 0 Å². The Morgan fingerprint density at radius 1 is 1.11 bits per heavy atom. The lowest BCUT2D eigenvalue weighted by Gasteiger charge is -2.31. The highest BCUT2D eigenvalue weighted by atomic mass is 16.6. The van der Waals surface area contributed by atoms with Crippen LogP contribution in [0.5, 0.6) is 0 Å². The average molecular weight is 378 g/mol. The molecule has 0 bridgehead atoms. The number of nitro groups is 1. The van der Waals surface area contributed by atoms with Crippen molar-refractivity contribution < 1.29 is 4.92 Å². The lowest BCUT2D eigenvalue weighted by Crippen LogP contribution is -2.34. The molecule has 1 aliphatic rings. The van der Waals surface area contributed by atoms with E-state index in [0.29, 0.717) is 11.6 Å². The lowest BCUT2D eigenvalue weighted by molar-refractivity contribution is -0.386. The van der Waals surface area contributed by atoms with E-state index in [-0.39, 0.29) is 11.6 Å². The van der Waals surface area contributed by atoms with E-state index in [0.717, 1.165) is 43.0 Å². The predicted molar refractivity (Wildman–Crippen MR) is 101 cm³/mol. The van der Waals surface area contributed by atoms with Gasteiger partial charge >= 0.3 is 5.69 Å². The van der Waals surface area contributed by atoms with Crippen molar-refractivity contribution in [3.63, 3.8) is 0 Å². The molecule has 4 rings (SSSR count). The first-order valence-corrected chi connectivity index (χ1v) is 8.93. The predicted octanol–water partition coefficient (Wildman–Crippen LogP) is 2.32. The molecule has 0 saturated carbocycles. The van der Waals surface area contributed by atoms with Crippen LogP contribution in [0, 0.1) is 17.0 Å². The highest BCUT2D eigenvalue weighted by Crippen LogP contribution is 2.29. The van der Waals surface area contributed by atoms with Crippen molar-refractivity contribution in [3.8, 4) is 11.3 Å². The maximum absolute atomic E-state index is 10.9. The molecule has 0 unspecified atom stereocenters. The van der Waals surface area contributed by atoms with Gasteiger partial charge in [0, 0.05) is 43.2 Å². The Balaban J connectivity index is 1.46. The molecule has 0 radical (unpaired) electrons. The molecule has 3 aromatic heterocycles. The normalized spacial score (nSPS) is 14.8. The van der Waals surface area contributed by atoms with Crippen LogP contribution in [0.15, 0.2) is 37.2 Å². The fourth-order valence-electron chi connectivity index (χ4n) is 3.28. The number of hydrogen-bond donors (Lipinski definition) is 0. The standard InChI is InChI=1S/C18H18N8O2/c1-12-16(26(27)28)10-22-18(23-12)25-6-3-13(4-7-25)17-21-5-2-15(24-17)14-8-19-11-20-9-14/h2,5,8-11,13H,3-4,6-7H2,1H3. The lowest BCUT2D eigenvalue weighted by atomic mass is 9.96. The molecule has 0 amide bonds. The molecule has 1 fully saturated rings. The second-order valence-electron chi connectivity index (χ2n) is 6.59. The van der Waals surface area contributed by atoms with E-state index in [1.165, 1.54) is 12.5 Å². The van der Waals surface area contributed by atoms with E-state index in [1.54, 1.807) is 25.5 Å². The third kappa shape index (κ3) is 3.61. The van der Waals surface area contributed by atoms with E-state index >= 15 is 0 Å². The smallest absolute Gasteiger partial charge is 0.308 e. The SMILES string of the molecule is Cc1nc(N2CCC(c3nccc(-c4cncnc4)n3)CC2)ncc1[N+](=O)[O-]. The number of rotatable bonds is 4. The fourth-order valence-corrected chi connectivity index (χ4v) is 3.28. The highest BCUT2D eigenvalue weighted by Gasteiger charge is 2.25. The number of hydrogen-bond acceptors (Lipinski definition) is 9. The molecule has 10 nitrogen and oxygen atoms in total. The van der Waals surface area contributed by atoms with E-state index in [9.17, 15) is 10.1 Å². The minimum absolute atomic E-state index is 0.0613. The molecule has 10 heteroatoms. The van der Waals surface area contributed by atoms with Crippen molar-refractivity contribution in [3.05, 3.63) is 58.8 Å². The van der Waals surface area contributed by atoms with Gasteiger partial charge in [0.15, 0.2) is 0 Å². The van der Waals surface area contributed by atoms with Crippen molar-refractivity contribution in [2.45, 2.75) is 25.7 Å². The quantitative estimate of drug-likeness (QED) is 0.497. The van der Waals surface area contributed by atoms with Gasteiger partial charge in [0.05, 0.1) is 10.6 Å². The summed E-state index contributed by atoms with van der Waals surface area (Å²) < 4.78 is 0. The van der Waals surface area contributed by atoms with Gasteiger partial charge in [0.25, 0.3) is 0 Å². The number of aromatic nitrogens is 6. The molecule has 0 spiro atoms. The minimum Gasteiger partial charge on any atom is -0.341 e. The molecule has 28 heavy (non-hydrogen) atoms. The van der Waals surface area contributed by atoms with Gasteiger partial charge in [0.2, 0.25) is 5.95 Å². The van der Waals surface area contributed by atoms with Crippen LogP contribution in [0.3, 0.4) is 0 Å². The van der Waals surface area contributed by atoms with E-state index in [1.807, 2.05) is 11.0 Å². The zero-order valence-corrected chi connectivity index (χ0v) is 15.3. The second-order valence-corrected chi connectivity index (χ2v) is 6.59. The Bertz CT molecular complexity index is 990. The summed E-state index contributed by atoms with van der Waals surface area (Å²) in [4.78, 5) is 38.2. The van der Waals surface area contributed by atoms with E-state index < -0.39 is 4.92 Å². The molecule has 1 saturated heterocycles. The van der Waals surface area contributed by atoms with Gasteiger partial charge in [-0.1, -0.05) is 0 Å². The first kappa shape index (κ1) is 17.8.